The zero-order valence-corrected chi connectivity index (χ0v) is 16.9. The number of nitrogens with zero attached hydrogens (tertiary/aromatic N) is 2. The maximum absolute atomic E-state index is 12.7. The number of aryl methyl sites for hydroxylation is 1. The summed E-state index contributed by atoms with van der Waals surface area (Å²) in [6.45, 7) is 4.35. The van der Waals surface area contributed by atoms with Gasteiger partial charge in [0.25, 0.3) is 10.0 Å². The lowest BCUT2D eigenvalue weighted by Gasteiger charge is -2.30. The first-order chi connectivity index (χ1) is 12.3. The summed E-state index contributed by atoms with van der Waals surface area (Å²) in [5.41, 5.74) is 1.36. The second kappa shape index (κ2) is 7.48. The average molecular weight is 410 g/mol. The summed E-state index contributed by atoms with van der Waals surface area (Å²) in [5, 5.41) is 14.4. The van der Waals surface area contributed by atoms with Crippen molar-refractivity contribution < 1.29 is 13.2 Å². The Balaban J connectivity index is 1.75. The van der Waals surface area contributed by atoms with Gasteiger partial charge in [0.15, 0.2) is 0 Å². The molecule has 138 valence electrons. The molecule has 1 atom stereocenters. The quantitative estimate of drug-likeness (QED) is 0.838. The van der Waals surface area contributed by atoms with Crippen LogP contribution in [0.4, 0.5) is 5.00 Å². The Bertz CT molecular complexity index is 956. The molecule has 1 aliphatic heterocycles. The molecule has 1 fully saturated rings. The van der Waals surface area contributed by atoms with Gasteiger partial charge in [0.2, 0.25) is 5.91 Å². The summed E-state index contributed by atoms with van der Waals surface area (Å²) < 4.78 is 27.1. The van der Waals surface area contributed by atoms with Crippen molar-refractivity contribution in [3.63, 3.8) is 0 Å². The first-order valence-electron chi connectivity index (χ1n) is 8.19. The molecule has 1 unspecified atom stereocenters. The van der Waals surface area contributed by atoms with E-state index in [0.29, 0.717) is 34.2 Å². The van der Waals surface area contributed by atoms with E-state index in [0.717, 1.165) is 10.4 Å². The van der Waals surface area contributed by atoms with E-state index < -0.39 is 15.9 Å². The molecule has 0 saturated carbocycles. The number of thiophene rings is 2. The van der Waals surface area contributed by atoms with Gasteiger partial charge in [0.05, 0.1) is 11.5 Å². The minimum absolute atomic E-state index is 0.164. The number of nitriles is 1. The zero-order chi connectivity index (χ0) is 18.9. The number of nitrogens with one attached hydrogen (secondary N) is 1. The highest BCUT2D eigenvalue weighted by molar-refractivity contribution is 7.91. The predicted molar refractivity (Wildman–Crippen MR) is 103 cm³/mol. The highest BCUT2D eigenvalue weighted by atomic mass is 32.2. The highest BCUT2D eigenvalue weighted by Gasteiger charge is 2.34. The van der Waals surface area contributed by atoms with Crippen molar-refractivity contribution >= 4 is 43.6 Å². The molecule has 0 spiro atoms. The molecule has 26 heavy (non-hydrogen) atoms. The number of piperidine rings is 1. The Labute approximate surface area is 161 Å². The van der Waals surface area contributed by atoms with Gasteiger partial charge in [-0.25, -0.2) is 8.42 Å². The molecule has 1 saturated heterocycles. The number of anilines is 1. The van der Waals surface area contributed by atoms with Crippen molar-refractivity contribution in [2.45, 2.75) is 30.9 Å². The van der Waals surface area contributed by atoms with Crippen LogP contribution in [0.15, 0.2) is 21.7 Å². The number of amides is 1. The van der Waals surface area contributed by atoms with Crippen molar-refractivity contribution in [3.8, 4) is 6.07 Å². The summed E-state index contributed by atoms with van der Waals surface area (Å²) in [7, 11) is -3.55. The monoisotopic (exact) mass is 409 g/mol. The van der Waals surface area contributed by atoms with E-state index in [1.54, 1.807) is 17.5 Å². The number of carbonyl (C=O) groups excluding carboxylic acids is 1. The van der Waals surface area contributed by atoms with Crippen LogP contribution < -0.4 is 5.32 Å². The fourth-order valence-electron chi connectivity index (χ4n) is 2.98. The molecule has 6 nitrogen and oxygen atoms in total. The van der Waals surface area contributed by atoms with Gasteiger partial charge in [0, 0.05) is 18.0 Å². The molecule has 2 aromatic heterocycles. The minimum Gasteiger partial charge on any atom is -0.316 e. The van der Waals surface area contributed by atoms with Crippen LogP contribution >= 0.6 is 22.7 Å². The number of rotatable bonds is 4. The third-order valence-electron chi connectivity index (χ3n) is 4.58. The second-order valence-electron chi connectivity index (χ2n) is 6.22. The smallest absolute Gasteiger partial charge is 0.252 e. The van der Waals surface area contributed by atoms with Gasteiger partial charge in [0.1, 0.15) is 15.3 Å². The number of hydrogen-bond donors (Lipinski definition) is 1. The molecular formula is C17H19N3O3S3. The lowest BCUT2D eigenvalue weighted by Crippen LogP contribution is -2.43. The molecule has 1 aliphatic rings. The maximum atomic E-state index is 12.7. The van der Waals surface area contributed by atoms with E-state index in [9.17, 15) is 18.5 Å². The summed E-state index contributed by atoms with van der Waals surface area (Å²) in [4.78, 5) is 13.7. The summed E-state index contributed by atoms with van der Waals surface area (Å²) in [5.74, 6) is -0.651. The van der Waals surface area contributed by atoms with Crippen molar-refractivity contribution in [3.05, 3.63) is 33.5 Å². The molecule has 1 N–H and O–H groups in total. The van der Waals surface area contributed by atoms with E-state index in [4.69, 9.17) is 0 Å². The van der Waals surface area contributed by atoms with Crippen LogP contribution in [0.1, 0.15) is 28.8 Å². The van der Waals surface area contributed by atoms with Crippen LogP contribution in [-0.4, -0.2) is 31.7 Å². The molecule has 0 bridgehead atoms. The fourth-order valence-corrected chi connectivity index (χ4v) is 6.66. The first-order valence-corrected chi connectivity index (χ1v) is 11.3. The Hall–Kier alpha value is -1.73. The third kappa shape index (κ3) is 3.55. The van der Waals surface area contributed by atoms with E-state index >= 15 is 0 Å². The normalized spacial score (nSPS) is 18.4. The van der Waals surface area contributed by atoms with Crippen LogP contribution in [0.5, 0.6) is 0 Å². The van der Waals surface area contributed by atoms with Gasteiger partial charge in [-0.05, 0) is 43.7 Å². The third-order valence-corrected chi connectivity index (χ3v) is 8.94. The van der Waals surface area contributed by atoms with Crippen LogP contribution in [0.2, 0.25) is 0 Å². The van der Waals surface area contributed by atoms with Crippen LogP contribution in [0, 0.1) is 31.1 Å². The van der Waals surface area contributed by atoms with Crippen molar-refractivity contribution in [2.75, 3.05) is 18.4 Å². The van der Waals surface area contributed by atoms with E-state index in [1.807, 2.05) is 13.8 Å². The predicted octanol–water partition coefficient (Wildman–Crippen LogP) is 3.34. The van der Waals surface area contributed by atoms with Gasteiger partial charge in [-0.2, -0.15) is 9.57 Å². The molecular weight excluding hydrogens is 390 g/mol. The van der Waals surface area contributed by atoms with E-state index in [-0.39, 0.29) is 12.5 Å². The first kappa shape index (κ1) is 19.0. The second-order valence-corrected chi connectivity index (χ2v) is 10.6. The molecule has 1 amide bonds. The van der Waals surface area contributed by atoms with Crippen LogP contribution in [-0.2, 0) is 14.8 Å². The van der Waals surface area contributed by atoms with E-state index in [2.05, 4.69) is 11.4 Å². The molecule has 0 aliphatic carbocycles. The summed E-state index contributed by atoms with van der Waals surface area (Å²) >= 11 is 2.56. The average Bonchev–Trinajstić information content (AvgIpc) is 3.25. The SMILES string of the molecule is Cc1sc(NC(=O)C2CCCN(S(=O)(=O)c3cccs3)C2)c(C#N)c1C. The standard InChI is InChI=1S/C17H19N3O3S3/c1-11-12(2)25-17(14(11)9-18)19-16(21)13-5-3-7-20(10-13)26(22,23)15-6-4-8-24-15/h4,6,8,13H,3,5,7,10H2,1-2H3,(H,19,21). The van der Waals surface area contributed by atoms with Gasteiger partial charge in [-0.3, -0.25) is 4.79 Å². The maximum Gasteiger partial charge on any atom is 0.252 e. The lowest BCUT2D eigenvalue weighted by atomic mass is 9.99. The number of hydrogen-bond acceptors (Lipinski definition) is 6. The molecule has 3 rings (SSSR count). The lowest BCUT2D eigenvalue weighted by molar-refractivity contribution is -0.120. The molecule has 0 aromatic carbocycles. The van der Waals surface area contributed by atoms with Crippen molar-refractivity contribution in [1.82, 2.24) is 4.31 Å². The summed E-state index contributed by atoms with van der Waals surface area (Å²) in [6.07, 6.45) is 1.27. The Morgan fingerprint density at radius 2 is 2.19 bits per heavy atom. The zero-order valence-electron chi connectivity index (χ0n) is 14.5. The number of sulfonamides is 1. The fraction of sp³-hybridized carbons (Fsp3) is 0.412. The van der Waals surface area contributed by atoms with Crippen LogP contribution in [0.25, 0.3) is 0 Å². The minimum atomic E-state index is -3.55. The highest BCUT2D eigenvalue weighted by Crippen LogP contribution is 2.33. The van der Waals surface area contributed by atoms with Crippen molar-refractivity contribution in [1.29, 1.82) is 5.26 Å². The van der Waals surface area contributed by atoms with Crippen molar-refractivity contribution in [2.24, 2.45) is 5.92 Å². The van der Waals surface area contributed by atoms with Gasteiger partial charge < -0.3 is 5.32 Å². The largest absolute Gasteiger partial charge is 0.316 e. The Morgan fingerprint density at radius 1 is 1.42 bits per heavy atom. The Morgan fingerprint density at radius 3 is 2.85 bits per heavy atom. The van der Waals surface area contributed by atoms with E-state index in [1.165, 1.54) is 27.0 Å². The molecule has 3 heterocycles. The van der Waals surface area contributed by atoms with Crippen LogP contribution in [0.3, 0.4) is 0 Å². The molecule has 2 aromatic rings. The summed E-state index contributed by atoms with van der Waals surface area (Å²) in [6, 6.07) is 5.42. The van der Waals surface area contributed by atoms with Gasteiger partial charge in [-0.1, -0.05) is 6.07 Å². The Kier molecular flexibility index (Phi) is 5.48. The van der Waals surface area contributed by atoms with Gasteiger partial charge >= 0.3 is 0 Å². The molecule has 9 heteroatoms. The topological polar surface area (TPSA) is 90.3 Å². The number of carbonyl (C=O) groups is 1. The van der Waals surface area contributed by atoms with Gasteiger partial charge in [-0.15, -0.1) is 22.7 Å². The molecule has 0 radical (unpaired) electrons.